The molecule has 0 fully saturated rings. The summed E-state index contributed by atoms with van der Waals surface area (Å²) in [7, 11) is 2.11. The second kappa shape index (κ2) is 10.4. The number of nitrogens with zero attached hydrogens (tertiary/aromatic N) is 2. The smallest absolute Gasteiger partial charge is 0.251 e. The van der Waals surface area contributed by atoms with Crippen LogP contribution >= 0.6 is 11.3 Å². The molecule has 0 saturated heterocycles. The van der Waals surface area contributed by atoms with Crippen LogP contribution < -0.4 is 10.1 Å². The summed E-state index contributed by atoms with van der Waals surface area (Å²) in [4.78, 5) is 19.3. The second-order valence-electron chi connectivity index (χ2n) is 7.63. The number of aryl methyl sites for hydroxylation is 1. The van der Waals surface area contributed by atoms with Gasteiger partial charge in [0.25, 0.3) is 5.91 Å². The molecule has 158 valence electrons. The van der Waals surface area contributed by atoms with Crippen molar-refractivity contribution in [1.82, 2.24) is 15.2 Å². The number of nitrogens with one attached hydrogen (secondary N) is 1. The number of aromatic nitrogens is 1. The zero-order chi connectivity index (χ0) is 21.5. The molecular formula is C24H29N3O2S. The Bertz CT molecular complexity index is 967. The lowest BCUT2D eigenvalue weighted by Crippen LogP contribution is -2.27. The molecule has 0 saturated carbocycles. The van der Waals surface area contributed by atoms with Crippen LogP contribution in [-0.2, 0) is 19.7 Å². The fraction of sp³-hybridized carbons (Fsp3) is 0.333. The number of amides is 1. The van der Waals surface area contributed by atoms with Crippen molar-refractivity contribution >= 4 is 17.2 Å². The third-order valence-electron chi connectivity index (χ3n) is 5.03. The molecule has 0 radical (unpaired) electrons. The van der Waals surface area contributed by atoms with Crippen LogP contribution in [0.2, 0.25) is 0 Å². The number of rotatable bonds is 9. The van der Waals surface area contributed by atoms with Crippen molar-refractivity contribution in [3.8, 4) is 5.75 Å². The average Bonchev–Trinajstić information content (AvgIpc) is 3.16. The highest BCUT2D eigenvalue weighted by molar-refractivity contribution is 7.09. The van der Waals surface area contributed by atoms with Crippen LogP contribution in [0, 0.1) is 6.92 Å². The minimum absolute atomic E-state index is 0.0938. The standard InChI is InChI=1S/C24H29N3O2S/c1-17(2)27(4)14-21-8-6-5-7-20(21)13-25-24(28)19-9-11-23(12-10-19)29-15-22-16-30-18(3)26-22/h5-12,16-17H,13-15H2,1-4H3,(H,25,28). The first-order chi connectivity index (χ1) is 14.4. The highest BCUT2D eigenvalue weighted by atomic mass is 32.1. The molecule has 0 unspecified atom stereocenters. The fourth-order valence-corrected chi connectivity index (χ4v) is 3.54. The normalized spacial score (nSPS) is 11.1. The van der Waals surface area contributed by atoms with E-state index in [1.807, 2.05) is 36.6 Å². The molecule has 0 atom stereocenters. The highest BCUT2D eigenvalue weighted by Gasteiger charge is 2.10. The lowest BCUT2D eigenvalue weighted by Gasteiger charge is -2.22. The van der Waals surface area contributed by atoms with Gasteiger partial charge < -0.3 is 10.1 Å². The molecule has 5 nitrogen and oxygen atoms in total. The van der Waals surface area contributed by atoms with E-state index in [0.717, 1.165) is 28.6 Å². The summed E-state index contributed by atoms with van der Waals surface area (Å²) in [6.07, 6.45) is 0. The Labute approximate surface area is 182 Å². The summed E-state index contributed by atoms with van der Waals surface area (Å²) in [5.41, 5.74) is 3.90. The van der Waals surface area contributed by atoms with E-state index < -0.39 is 0 Å². The van der Waals surface area contributed by atoms with Gasteiger partial charge in [0.1, 0.15) is 12.4 Å². The summed E-state index contributed by atoms with van der Waals surface area (Å²) in [5.74, 6) is 0.628. The van der Waals surface area contributed by atoms with E-state index in [4.69, 9.17) is 4.74 Å². The first-order valence-corrected chi connectivity index (χ1v) is 11.0. The van der Waals surface area contributed by atoms with E-state index >= 15 is 0 Å². The Morgan fingerprint density at radius 2 is 1.83 bits per heavy atom. The molecule has 1 heterocycles. The largest absolute Gasteiger partial charge is 0.487 e. The predicted molar refractivity (Wildman–Crippen MR) is 122 cm³/mol. The summed E-state index contributed by atoms with van der Waals surface area (Å²) < 4.78 is 5.75. The molecule has 30 heavy (non-hydrogen) atoms. The SMILES string of the molecule is Cc1nc(COc2ccc(C(=O)NCc3ccccc3CN(C)C(C)C)cc2)cs1. The third kappa shape index (κ3) is 6.15. The van der Waals surface area contributed by atoms with Crippen LogP contribution in [-0.4, -0.2) is 28.9 Å². The van der Waals surface area contributed by atoms with Crippen LogP contribution in [0.3, 0.4) is 0 Å². The predicted octanol–water partition coefficient (Wildman–Crippen LogP) is 4.80. The summed E-state index contributed by atoms with van der Waals surface area (Å²) in [6, 6.07) is 15.9. The minimum Gasteiger partial charge on any atom is -0.487 e. The van der Waals surface area contributed by atoms with Crippen molar-refractivity contribution in [1.29, 1.82) is 0 Å². The number of carbonyl (C=O) groups excluding carboxylic acids is 1. The Morgan fingerprint density at radius 3 is 2.47 bits per heavy atom. The topological polar surface area (TPSA) is 54.5 Å². The maximum atomic E-state index is 12.6. The maximum absolute atomic E-state index is 12.6. The van der Waals surface area contributed by atoms with Gasteiger partial charge in [-0.2, -0.15) is 0 Å². The average molecular weight is 424 g/mol. The molecule has 2 aromatic carbocycles. The molecule has 0 aliphatic heterocycles. The van der Waals surface area contributed by atoms with E-state index in [1.165, 1.54) is 5.56 Å². The third-order valence-corrected chi connectivity index (χ3v) is 5.85. The van der Waals surface area contributed by atoms with Crippen molar-refractivity contribution < 1.29 is 9.53 Å². The molecule has 1 aromatic heterocycles. The molecule has 3 aromatic rings. The number of hydrogen-bond acceptors (Lipinski definition) is 5. The van der Waals surface area contributed by atoms with E-state index in [9.17, 15) is 4.79 Å². The summed E-state index contributed by atoms with van der Waals surface area (Å²) in [5, 5.41) is 6.05. The van der Waals surface area contributed by atoms with Crippen molar-refractivity contribution in [2.75, 3.05) is 7.05 Å². The molecular weight excluding hydrogens is 394 g/mol. The molecule has 1 N–H and O–H groups in total. The Hall–Kier alpha value is -2.70. The summed E-state index contributed by atoms with van der Waals surface area (Å²) >= 11 is 1.61. The zero-order valence-electron chi connectivity index (χ0n) is 18.0. The lowest BCUT2D eigenvalue weighted by atomic mass is 10.1. The highest BCUT2D eigenvalue weighted by Crippen LogP contribution is 2.16. The zero-order valence-corrected chi connectivity index (χ0v) is 18.8. The van der Waals surface area contributed by atoms with Crippen LogP contribution in [0.5, 0.6) is 5.75 Å². The quantitative estimate of drug-likeness (QED) is 0.537. The Balaban J connectivity index is 1.55. The van der Waals surface area contributed by atoms with Gasteiger partial charge in [0.2, 0.25) is 0 Å². The second-order valence-corrected chi connectivity index (χ2v) is 8.69. The number of benzene rings is 2. The number of carbonyl (C=O) groups is 1. The fourth-order valence-electron chi connectivity index (χ4n) is 2.95. The van der Waals surface area contributed by atoms with Gasteiger partial charge in [-0.3, -0.25) is 9.69 Å². The molecule has 0 bridgehead atoms. The van der Waals surface area contributed by atoms with E-state index in [0.29, 0.717) is 24.8 Å². The first-order valence-electron chi connectivity index (χ1n) is 10.1. The monoisotopic (exact) mass is 423 g/mol. The van der Waals surface area contributed by atoms with Crippen molar-refractivity contribution in [3.05, 3.63) is 81.3 Å². The molecule has 6 heteroatoms. The molecule has 1 amide bonds. The van der Waals surface area contributed by atoms with E-state index in [1.54, 1.807) is 23.5 Å². The van der Waals surface area contributed by atoms with Gasteiger partial charge in [0.15, 0.2) is 0 Å². The molecule has 0 aliphatic rings. The van der Waals surface area contributed by atoms with Gasteiger partial charge in [-0.15, -0.1) is 11.3 Å². The number of hydrogen-bond donors (Lipinski definition) is 1. The van der Waals surface area contributed by atoms with Crippen molar-refractivity contribution in [2.45, 2.75) is 46.5 Å². The van der Waals surface area contributed by atoms with E-state index in [2.05, 4.69) is 48.2 Å². The van der Waals surface area contributed by atoms with Crippen molar-refractivity contribution in [3.63, 3.8) is 0 Å². The minimum atomic E-state index is -0.0938. The number of thiazole rings is 1. The molecule has 3 rings (SSSR count). The van der Waals surface area contributed by atoms with Gasteiger partial charge in [0.05, 0.1) is 10.7 Å². The Kier molecular flexibility index (Phi) is 7.60. The van der Waals surface area contributed by atoms with Gasteiger partial charge in [-0.05, 0) is 63.2 Å². The van der Waals surface area contributed by atoms with E-state index in [-0.39, 0.29) is 5.91 Å². The van der Waals surface area contributed by atoms with Gasteiger partial charge >= 0.3 is 0 Å². The summed E-state index contributed by atoms with van der Waals surface area (Å²) in [6.45, 7) is 8.11. The van der Waals surface area contributed by atoms with Crippen LogP contribution in [0.25, 0.3) is 0 Å². The molecule has 0 spiro atoms. The van der Waals surface area contributed by atoms with Crippen LogP contribution in [0.1, 0.15) is 46.0 Å². The van der Waals surface area contributed by atoms with Crippen molar-refractivity contribution in [2.24, 2.45) is 0 Å². The lowest BCUT2D eigenvalue weighted by molar-refractivity contribution is 0.0950. The van der Waals surface area contributed by atoms with Gasteiger partial charge in [-0.1, -0.05) is 24.3 Å². The molecule has 0 aliphatic carbocycles. The Morgan fingerprint density at radius 1 is 1.13 bits per heavy atom. The number of ether oxygens (including phenoxy) is 1. The first kappa shape index (κ1) is 22.0. The van der Waals surface area contributed by atoms with Gasteiger partial charge in [0, 0.05) is 30.1 Å². The maximum Gasteiger partial charge on any atom is 0.251 e. The van der Waals surface area contributed by atoms with Gasteiger partial charge in [-0.25, -0.2) is 4.98 Å². The van der Waals surface area contributed by atoms with Crippen LogP contribution in [0.15, 0.2) is 53.9 Å². The van der Waals surface area contributed by atoms with Crippen LogP contribution in [0.4, 0.5) is 0 Å².